The van der Waals surface area contributed by atoms with Crippen molar-refractivity contribution in [3.05, 3.63) is 54.5 Å². The van der Waals surface area contributed by atoms with Gasteiger partial charge in [0.25, 0.3) is 5.89 Å². The molecule has 3 aromatic heterocycles. The third kappa shape index (κ3) is 4.05. The first-order valence-electron chi connectivity index (χ1n) is 8.75. The molecule has 12 heteroatoms. The van der Waals surface area contributed by atoms with Crippen LogP contribution in [0.1, 0.15) is 12.5 Å². The lowest BCUT2D eigenvalue weighted by molar-refractivity contribution is -0.191. The first-order valence-corrected chi connectivity index (χ1v) is 8.75. The SMILES string of the molecule is CC(Oc1ccc(-c2nc(-c3cccn4ccnc34)no2)cc1C(F)(F)F)C(F)(F)F. The van der Waals surface area contributed by atoms with Gasteiger partial charge in [-0.1, -0.05) is 5.16 Å². The van der Waals surface area contributed by atoms with E-state index in [4.69, 9.17) is 4.52 Å². The molecular formula is C19H12F6N4O2. The summed E-state index contributed by atoms with van der Waals surface area (Å²) in [6, 6.07) is 5.87. The first kappa shape index (κ1) is 20.7. The van der Waals surface area contributed by atoms with Crippen LogP contribution in [0.2, 0.25) is 0 Å². The quantitative estimate of drug-likeness (QED) is 0.396. The highest BCUT2D eigenvalue weighted by atomic mass is 19.4. The summed E-state index contributed by atoms with van der Waals surface area (Å²) in [5.41, 5.74) is -0.530. The Kier molecular flexibility index (Phi) is 4.86. The average Bonchev–Trinajstić information content (AvgIpc) is 3.36. The van der Waals surface area contributed by atoms with Crippen molar-refractivity contribution in [1.29, 1.82) is 0 Å². The van der Waals surface area contributed by atoms with Crippen molar-refractivity contribution in [2.75, 3.05) is 0 Å². The van der Waals surface area contributed by atoms with Crippen molar-refractivity contribution in [2.24, 2.45) is 0 Å². The number of fused-ring (bicyclic) bond motifs is 1. The molecule has 1 aromatic carbocycles. The maximum absolute atomic E-state index is 13.5. The molecule has 0 spiro atoms. The van der Waals surface area contributed by atoms with Gasteiger partial charge in [-0.15, -0.1) is 0 Å². The minimum Gasteiger partial charge on any atom is -0.481 e. The van der Waals surface area contributed by atoms with Crippen molar-refractivity contribution in [1.82, 2.24) is 19.5 Å². The number of alkyl halides is 6. The van der Waals surface area contributed by atoms with E-state index >= 15 is 0 Å². The predicted molar refractivity (Wildman–Crippen MR) is 95.1 cm³/mol. The fraction of sp³-hybridized carbons (Fsp3) is 0.211. The Balaban J connectivity index is 1.72. The zero-order valence-corrected chi connectivity index (χ0v) is 15.6. The molecule has 0 aliphatic heterocycles. The highest BCUT2D eigenvalue weighted by molar-refractivity contribution is 5.73. The van der Waals surface area contributed by atoms with E-state index in [-0.39, 0.29) is 17.3 Å². The average molecular weight is 442 g/mol. The molecular weight excluding hydrogens is 430 g/mol. The van der Waals surface area contributed by atoms with E-state index in [0.717, 1.165) is 12.1 Å². The monoisotopic (exact) mass is 442 g/mol. The number of nitrogens with zero attached hydrogens (tertiary/aromatic N) is 4. The molecule has 4 rings (SSSR count). The minimum absolute atomic E-state index is 0.0892. The van der Waals surface area contributed by atoms with Crippen LogP contribution < -0.4 is 4.74 Å². The van der Waals surface area contributed by atoms with Crippen molar-refractivity contribution >= 4 is 5.65 Å². The van der Waals surface area contributed by atoms with E-state index in [2.05, 4.69) is 19.9 Å². The number of hydrogen-bond acceptors (Lipinski definition) is 5. The largest absolute Gasteiger partial charge is 0.481 e. The summed E-state index contributed by atoms with van der Waals surface area (Å²) in [5, 5.41) is 3.79. The predicted octanol–water partition coefficient (Wildman–Crippen LogP) is 5.40. The van der Waals surface area contributed by atoms with Crippen LogP contribution in [0, 0.1) is 0 Å². The summed E-state index contributed by atoms with van der Waals surface area (Å²) < 4.78 is 89.8. The number of aromatic nitrogens is 4. The molecule has 0 aliphatic carbocycles. The molecule has 0 radical (unpaired) electrons. The van der Waals surface area contributed by atoms with E-state index < -0.39 is 29.8 Å². The Hall–Kier alpha value is -3.57. The molecule has 162 valence electrons. The van der Waals surface area contributed by atoms with Crippen molar-refractivity contribution < 1.29 is 35.6 Å². The standard InChI is InChI=1S/C19H12F6N4O2/c1-10(18(20,21)22)30-14-5-4-11(9-13(14)19(23,24)25)17-27-15(28-31-17)12-3-2-7-29-8-6-26-16(12)29/h2-10H,1H3. The van der Waals surface area contributed by atoms with Crippen molar-refractivity contribution in [3.63, 3.8) is 0 Å². The molecule has 0 saturated heterocycles. The van der Waals surface area contributed by atoms with Crippen LogP contribution in [0.5, 0.6) is 5.75 Å². The highest BCUT2D eigenvalue weighted by Gasteiger charge is 2.41. The molecule has 6 nitrogen and oxygen atoms in total. The topological polar surface area (TPSA) is 65.5 Å². The molecule has 31 heavy (non-hydrogen) atoms. The molecule has 3 heterocycles. The van der Waals surface area contributed by atoms with Gasteiger partial charge in [-0.3, -0.25) is 0 Å². The Labute approximate surface area is 170 Å². The van der Waals surface area contributed by atoms with Crippen molar-refractivity contribution in [3.8, 4) is 28.6 Å². The van der Waals surface area contributed by atoms with E-state index in [1.807, 2.05) is 0 Å². The van der Waals surface area contributed by atoms with Gasteiger partial charge in [-0.05, 0) is 37.3 Å². The van der Waals surface area contributed by atoms with Gasteiger partial charge in [0.2, 0.25) is 5.82 Å². The summed E-state index contributed by atoms with van der Waals surface area (Å²) in [7, 11) is 0. The Morgan fingerprint density at radius 1 is 1.06 bits per heavy atom. The normalized spacial score (nSPS) is 13.5. The van der Waals surface area contributed by atoms with Gasteiger partial charge >= 0.3 is 12.4 Å². The maximum Gasteiger partial charge on any atom is 0.425 e. The number of ether oxygens (including phenoxy) is 1. The van der Waals surface area contributed by atoms with Gasteiger partial charge in [-0.25, -0.2) is 4.98 Å². The number of imidazole rings is 1. The van der Waals surface area contributed by atoms with Crippen LogP contribution in [0.15, 0.2) is 53.4 Å². The fourth-order valence-corrected chi connectivity index (χ4v) is 2.82. The zero-order chi connectivity index (χ0) is 22.4. The Morgan fingerprint density at radius 3 is 2.55 bits per heavy atom. The number of hydrogen-bond donors (Lipinski definition) is 0. The summed E-state index contributed by atoms with van der Waals surface area (Å²) in [5.74, 6) is -1.11. The van der Waals surface area contributed by atoms with E-state index in [0.29, 0.717) is 24.2 Å². The molecule has 1 unspecified atom stereocenters. The number of pyridine rings is 1. The van der Waals surface area contributed by atoms with Crippen LogP contribution in [-0.2, 0) is 6.18 Å². The molecule has 0 aliphatic rings. The number of benzene rings is 1. The van der Waals surface area contributed by atoms with E-state index in [9.17, 15) is 26.3 Å². The summed E-state index contributed by atoms with van der Waals surface area (Å²) in [6.07, 6.45) is -7.24. The van der Waals surface area contributed by atoms with Gasteiger partial charge < -0.3 is 13.7 Å². The molecule has 0 amide bonds. The van der Waals surface area contributed by atoms with Crippen LogP contribution in [0.4, 0.5) is 26.3 Å². The molecule has 0 saturated carbocycles. The second-order valence-electron chi connectivity index (χ2n) is 6.51. The van der Waals surface area contributed by atoms with Gasteiger partial charge in [0.15, 0.2) is 6.10 Å². The highest BCUT2D eigenvalue weighted by Crippen LogP contribution is 2.40. The third-order valence-corrected chi connectivity index (χ3v) is 4.38. The van der Waals surface area contributed by atoms with Crippen LogP contribution in [-0.4, -0.2) is 31.8 Å². The van der Waals surface area contributed by atoms with Gasteiger partial charge in [0.1, 0.15) is 11.4 Å². The second kappa shape index (κ2) is 7.29. The smallest absolute Gasteiger partial charge is 0.425 e. The number of halogens is 6. The zero-order valence-electron chi connectivity index (χ0n) is 15.6. The third-order valence-electron chi connectivity index (χ3n) is 4.38. The first-order chi connectivity index (χ1) is 14.5. The summed E-state index contributed by atoms with van der Waals surface area (Å²) in [6.45, 7) is 0.620. The van der Waals surface area contributed by atoms with Crippen LogP contribution in [0.3, 0.4) is 0 Å². The van der Waals surface area contributed by atoms with Gasteiger partial charge in [0, 0.05) is 24.2 Å². The Bertz CT molecular complexity index is 1230. The summed E-state index contributed by atoms with van der Waals surface area (Å²) >= 11 is 0. The molecule has 1 atom stereocenters. The van der Waals surface area contributed by atoms with Crippen LogP contribution >= 0.6 is 0 Å². The van der Waals surface area contributed by atoms with Gasteiger partial charge in [-0.2, -0.15) is 31.3 Å². The molecule has 0 N–H and O–H groups in total. The van der Waals surface area contributed by atoms with E-state index in [1.165, 1.54) is 0 Å². The lowest BCUT2D eigenvalue weighted by Crippen LogP contribution is -2.31. The lowest BCUT2D eigenvalue weighted by Gasteiger charge is -2.20. The lowest BCUT2D eigenvalue weighted by atomic mass is 10.1. The van der Waals surface area contributed by atoms with Crippen molar-refractivity contribution in [2.45, 2.75) is 25.4 Å². The minimum atomic E-state index is -4.97. The molecule has 0 fully saturated rings. The molecule has 4 aromatic rings. The Morgan fingerprint density at radius 2 is 1.84 bits per heavy atom. The summed E-state index contributed by atoms with van der Waals surface area (Å²) in [4.78, 5) is 8.28. The number of rotatable bonds is 4. The fourth-order valence-electron chi connectivity index (χ4n) is 2.82. The maximum atomic E-state index is 13.5. The molecule has 0 bridgehead atoms. The van der Waals surface area contributed by atoms with Crippen LogP contribution in [0.25, 0.3) is 28.5 Å². The van der Waals surface area contributed by atoms with Gasteiger partial charge in [0.05, 0.1) is 11.1 Å². The second-order valence-corrected chi connectivity index (χ2v) is 6.51. The van der Waals surface area contributed by atoms with E-state index in [1.54, 1.807) is 35.1 Å².